The Balaban J connectivity index is 2.19. The van der Waals surface area contributed by atoms with Crippen molar-refractivity contribution >= 4 is 11.5 Å². The van der Waals surface area contributed by atoms with Crippen LogP contribution >= 0.6 is 0 Å². The minimum atomic E-state index is 1.01. The smallest absolute Gasteiger partial charge is 0.206 e. The van der Waals surface area contributed by atoms with Crippen molar-refractivity contribution in [2.24, 2.45) is 7.05 Å². The van der Waals surface area contributed by atoms with Gasteiger partial charge in [-0.3, -0.25) is 0 Å². The lowest BCUT2D eigenvalue weighted by molar-refractivity contribution is -0.731. The number of nitrogens with zero attached hydrogens (tertiary/aromatic N) is 1. The van der Waals surface area contributed by atoms with Gasteiger partial charge < -0.3 is 5.32 Å². The molecule has 0 unspecified atom stereocenters. The lowest BCUT2D eigenvalue weighted by Gasteiger charge is -1.99. The van der Waals surface area contributed by atoms with Crippen molar-refractivity contribution in [3.63, 3.8) is 0 Å². The molecule has 2 N–H and O–H groups in total. The normalized spacial score (nSPS) is 10.1. The molecule has 3 nitrogen and oxygen atoms in total. The third-order valence-electron chi connectivity index (χ3n) is 2.22. The number of hydrogen-bond donors (Lipinski definition) is 2. The molecule has 0 bridgehead atoms. The standard InChI is InChI=1S/C11H13N3/c1-9-8-11(13-14(9)2)12-10-6-4-3-5-7-10/h3-8H,1-2H3,(H,12,13)/p+1. The van der Waals surface area contributed by atoms with Crippen LogP contribution in [0.5, 0.6) is 0 Å². The number of aromatic nitrogens is 2. The molecule has 0 amide bonds. The van der Waals surface area contributed by atoms with E-state index in [1.165, 1.54) is 5.69 Å². The molecule has 14 heavy (non-hydrogen) atoms. The van der Waals surface area contributed by atoms with Crippen LogP contribution < -0.4 is 10.00 Å². The summed E-state index contributed by atoms with van der Waals surface area (Å²) in [4.78, 5) is 0. The highest BCUT2D eigenvalue weighted by Crippen LogP contribution is 2.12. The first-order valence-electron chi connectivity index (χ1n) is 4.63. The summed E-state index contributed by atoms with van der Waals surface area (Å²) in [6, 6.07) is 12.2. The summed E-state index contributed by atoms with van der Waals surface area (Å²) in [5.74, 6) is 1.01. The predicted molar refractivity (Wildman–Crippen MR) is 56.4 cm³/mol. The van der Waals surface area contributed by atoms with E-state index in [2.05, 4.69) is 23.4 Å². The van der Waals surface area contributed by atoms with Gasteiger partial charge in [-0.2, -0.15) is 0 Å². The molecule has 0 spiro atoms. The monoisotopic (exact) mass is 188 g/mol. The van der Waals surface area contributed by atoms with Gasteiger partial charge in [0.15, 0.2) is 12.9 Å². The Hall–Kier alpha value is -1.77. The van der Waals surface area contributed by atoms with Gasteiger partial charge in [-0.15, -0.1) is 9.78 Å². The van der Waals surface area contributed by atoms with Crippen molar-refractivity contribution in [1.29, 1.82) is 0 Å². The summed E-state index contributed by atoms with van der Waals surface area (Å²) in [6.07, 6.45) is 0. The Kier molecular flexibility index (Phi) is 2.23. The van der Waals surface area contributed by atoms with E-state index >= 15 is 0 Å². The first-order chi connectivity index (χ1) is 6.75. The molecule has 2 rings (SSSR count). The second-order valence-corrected chi connectivity index (χ2v) is 3.36. The number of aromatic amines is 1. The number of benzene rings is 1. The Morgan fingerprint density at radius 3 is 2.50 bits per heavy atom. The molecule has 0 aliphatic rings. The molecule has 0 fully saturated rings. The van der Waals surface area contributed by atoms with Crippen LogP contribution in [0.3, 0.4) is 0 Å². The minimum Gasteiger partial charge on any atom is -0.337 e. The molecule has 1 aromatic heterocycles. The number of para-hydroxylation sites is 1. The largest absolute Gasteiger partial charge is 0.337 e. The number of rotatable bonds is 2. The fraction of sp³-hybridized carbons (Fsp3) is 0.182. The Bertz CT molecular complexity index is 398. The molecule has 2 aromatic rings. The SMILES string of the molecule is Cc1cc(Nc2ccccc2)[nH][n+]1C. The average molecular weight is 188 g/mol. The minimum absolute atomic E-state index is 1.01. The molecule has 0 atom stereocenters. The van der Waals surface area contributed by atoms with Gasteiger partial charge in [-0.1, -0.05) is 18.2 Å². The molecule has 1 heterocycles. The number of hydrogen-bond acceptors (Lipinski definition) is 1. The third-order valence-corrected chi connectivity index (χ3v) is 2.22. The fourth-order valence-corrected chi connectivity index (χ4v) is 1.35. The van der Waals surface area contributed by atoms with E-state index in [1.807, 2.05) is 42.1 Å². The van der Waals surface area contributed by atoms with Crippen molar-refractivity contribution in [2.45, 2.75) is 6.92 Å². The van der Waals surface area contributed by atoms with E-state index in [0.717, 1.165) is 11.5 Å². The fourth-order valence-electron chi connectivity index (χ4n) is 1.35. The maximum absolute atomic E-state index is 3.29. The highest BCUT2D eigenvalue weighted by molar-refractivity contribution is 5.55. The van der Waals surface area contributed by atoms with Crippen LogP contribution in [0.4, 0.5) is 11.5 Å². The highest BCUT2D eigenvalue weighted by Gasteiger charge is 2.06. The number of H-pyrrole nitrogens is 1. The maximum Gasteiger partial charge on any atom is 0.206 e. The Morgan fingerprint density at radius 2 is 1.93 bits per heavy atom. The van der Waals surface area contributed by atoms with Crippen LogP contribution in [0.25, 0.3) is 0 Å². The third kappa shape index (κ3) is 1.76. The van der Waals surface area contributed by atoms with Crippen molar-refractivity contribution in [3.8, 4) is 0 Å². The van der Waals surface area contributed by atoms with Gasteiger partial charge in [0.05, 0.1) is 6.07 Å². The van der Waals surface area contributed by atoms with E-state index in [9.17, 15) is 0 Å². The maximum atomic E-state index is 3.29. The van der Waals surface area contributed by atoms with Crippen LogP contribution in [-0.2, 0) is 7.05 Å². The van der Waals surface area contributed by atoms with E-state index in [0.29, 0.717) is 0 Å². The molecule has 0 aliphatic carbocycles. The molecular formula is C11H14N3+. The lowest BCUT2D eigenvalue weighted by atomic mass is 10.3. The van der Waals surface area contributed by atoms with E-state index < -0.39 is 0 Å². The van der Waals surface area contributed by atoms with Gasteiger partial charge in [0.1, 0.15) is 0 Å². The zero-order valence-electron chi connectivity index (χ0n) is 8.41. The zero-order chi connectivity index (χ0) is 9.97. The quantitative estimate of drug-likeness (QED) is 0.693. The van der Waals surface area contributed by atoms with Crippen LogP contribution in [0.1, 0.15) is 5.69 Å². The van der Waals surface area contributed by atoms with Crippen LogP contribution in [0.2, 0.25) is 0 Å². The molecule has 0 radical (unpaired) electrons. The predicted octanol–water partition coefficient (Wildman–Crippen LogP) is 1.89. The van der Waals surface area contributed by atoms with E-state index in [1.54, 1.807) is 0 Å². The molecule has 0 saturated heterocycles. The van der Waals surface area contributed by atoms with Crippen molar-refractivity contribution < 1.29 is 4.68 Å². The lowest BCUT2D eigenvalue weighted by Crippen LogP contribution is -2.32. The van der Waals surface area contributed by atoms with E-state index in [4.69, 9.17) is 0 Å². The van der Waals surface area contributed by atoms with Crippen molar-refractivity contribution in [1.82, 2.24) is 5.10 Å². The Morgan fingerprint density at radius 1 is 1.21 bits per heavy atom. The molecule has 1 aromatic carbocycles. The van der Waals surface area contributed by atoms with Gasteiger partial charge in [0.25, 0.3) is 0 Å². The summed E-state index contributed by atoms with van der Waals surface area (Å²) < 4.78 is 1.98. The first kappa shape index (κ1) is 8.81. The topological polar surface area (TPSA) is 31.7 Å². The molecule has 3 heteroatoms. The second kappa shape index (κ2) is 3.54. The van der Waals surface area contributed by atoms with Crippen LogP contribution in [0, 0.1) is 6.92 Å². The van der Waals surface area contributed by atoms with Crippen LogP contribution in [0.15, 0.2) is 36.4 Å². The second-order valence-electron chi connectivity index (χ2n) is 3.36. The summed E-state index contributed by atoms with van der Waals surface area (Å²) in [5, 5.41) is 6.49. The number of anilines is 2. The number of nitrogens with one attached hydrogen (secondary N) is 2. The number of aryl methyl sites for hydroxylation is 2. The summed E-state index contributed by atoms with van der Waals surface area (Å²) >= 11 is 0. The van der Waals surface area contributed by atoms with Gasteiger partial charge >= 0.3 is 0 Å². The molecule has 0 aliphatic heterocycles. The van der Waals surface area contributed by atoms with Gasteiger partial charge in [-0.05, 0) is 12.1 Å². The Labute approximate surface area is 83.4 Å². The molecule has 72 valence electrons. The molecule has 0 saturated carbocycles. The van der Waals surface area contributed by atoms with Crippen molar-refractivity contribution in [2.75, 3.05) is 5.32 Å². The van der Waals surface area contributed by atoms with Gasteiger partial charge in [0.2, 0.25) is 5.69 Å². The zero-order valence-corrected chi connectivity index (χ0v) is 8.41. The highest BCUT2D eigenvalue weighted by atomic mass is 15.3. The summed E-state index contributed by atoms with van der Waals surface area (Å²) in [7, 11) is 1.99. The van der Waals surface area contributed by atoms with Crippen LogP contribution in [-0.4, -0.2) is 5.10 Å². The van der Waals surface area contributed by atoms with E-state index in [-0.39, 0.29) is 0 Å². The van der Waals surface area contributed by atoms with Gasteiger partial charge in [-0.25, -0.2) is 0 Å². The molecular weight excluding hydrogens is 174 g/mol. The van der Waals surface area contributed by atoms with Crippen molar-refractivity contribution in [3.05, 3.63) is 42.1 Å². The average Bonchev–Trinajstić information content (AvgIpc) is 2.47. The van der Waals surface area contributed by atoms with Gasteiger partial charge in [0, 0.05) is 12.6 Å². The first-order valence-corrected chi connectivity index (χ1v) is 4.63. The summed E-state index contributed by atoms with van der Waals surface area (Å²) in [5.41, 5.74) is 2.29. The summed E-state index contributed by atoms with van der Waals surface area (Å²) in [6.45, 7) is 2.06.